The molecule has 0 aliphatic carbocycles. The van der Waals surface area contributed by atoms with Gasteiger partial charge in [-0.25, -0.2) is 4.68 Å². The summed E-state index contributed by atoms with van der Waals surface area (Å²) in [6, 6.07) is 0. The highest BCUT2D eigenvalue weighted by Gasteiger charge is 2.22. The summed E-state index contributed by atoms with van der Waals surface area (Å²) in [5.74, 6) is 0. The molecule has 20 heavy (non-hydrogen) atoms. The van der Waals surface area contributed by atoms with Crippen molar-refractivity contribution in [2.24, 2.45) is 0 Å². The molecule has 0 aliphatic rings. The van der Waals surface area contributed by atoms with Crippen LogP contribution in [0.2, 0.25) is 0 Å². The van der Waals surface area contributed by atoms with Crippen molar-refractivity contribution in [2.75, 3.05) is 32.6 Å². The molecule has 0 bridgehead atoms. The number of anilines is 1. The topological polar surface area (TPSA) is 70.4 Å². The van der Waals surface area contributed by atoms with E-state index < -0.39 is 5.54 Å². The van der Waals surface area contributed by atoms with Crippen LogP contribution in [0.4, 0.5) is 5.69 Å². The van der Waals surface area contributed by atoms with Crippen molar-refractivity contribution < 1.29 is 5.11 Å². The number of rotatable bonds is 7. The van der Waals surface area contributed by atoms with Gasteiger partial charge in [0, 0.05) is 6.54 Å². The molecule has 0 radical (unpaired) electrons. The summed E-state index contributed by atoms with van der Waals surface area (Å²) in [6.07, 6.45) is 2.35. The van der Waals surface area contributed by atoms with Crippen LogP contribution >= 0.6 is 15.9 Å². The van der Waals surface area contributed by atoms with Gasteiger partial charge in [0.25, 0.3) is 5.56 Å². The Hall–Kier alpha value is -0.920. The van der Waals surface area contributed by atoms with Gasteiger partial charge in [-0.15, -0.1) is 0 Å². The number of aliphatic hydroxyl groups excluding tert-OH is 1. The number of aromatic nitrogens is 2. The van der Waals surface area contributed by atoms with Gasteiger partial charge in [-0.2, -0.15) is 5.10 Å². The minimum atomic E-state index is -0.466. The Bertz CT molecular complexity index is 498. The first-order valence-electron chi connectivity index (χ1n) is 6.62. The van der Waals surface area contributed by atoms with Crippen LogP contribution in [0, 0.1) is 0 Å². The molecular weight excluding hydrogens is 324 g/mol. The minimum absolute atomic E-state index is 0.0142. The van der Waals surface area contributed by atoms with Crippen LogP contribution in [0.1, 0.15) is 20.3 Å². The number of nitrogens with one attached hydrogen (secondary N) is 1. The Morgan fingerprint density at radius 3 is 2.70 bits per heavy atom. The van der Waals surface area contributed by atoms with Crippen molar-refractivity contribution in [1.29, 1.82) is 0 Å². The predicted molar refractivity (Wildman–Crippen MR) is 84.2 cm³/mol. The Balaban J connectivity index is 2.97. The normalized spacial score (nSPS) is 14.3. The molecule has 0 fully saturated rings. The van der Waals surface area contributed by atoms with Gasteiger partial charge in [0.2, 0.25) is 0 Å². The van der Waals surface area contributed by atoms with Gasteiger partial charge < -0.3 is 15.3 Å². The van der Waals surface area contributed by atoms with Crippen LogP contribution < -0.4 is 10.9 Å². The number of halogens is 1. The third kappa shape index (κ3) is 4.29. The zero-order chi connectivity index (χ0) is 15.3. The Kier molecular flexibility index (Phi) is 6.16. The molecule has 0 saturated carbocycles. The standard InChI is InChI=1S/C13H23BrN4O2/c1-5-13(2,9-19)16-10-8-15-18(7-6-17(3)4)12(20)11(10)14/h8,16,19H,5-7,9H2,1-4H3. The molecule has 0 amide bonds. The third-order valence-electron chi connectivity index (χ3n) is 3.31. The Morgan fingerprint density at radius 2 is 2.20 bits per heavy atom. The lowest BCUT2D eigenvalue weighted by Gasteiger charge is -2.28. The van der Waals surface area contributed by atoms with E-state index in [0.717, 1.165) is 13.0 Å². The van der Waals surface area contributed by atoms with E-state index in [4.69, 9.17) is 0 Å². The smallest absolute Gasteiger partial charge is 0.283 e. The van der Waals surface area contributed by atoms with Crippen LogP contribution in [0.15, 0.2) is 15.5 Å². The van der Waals surface area contributed by atoms with Crippen LogP contribution in [0.3, 0.4) is 0 Å². The van der Waals surface area contributed by atoms with Crippen molar-refractivity contribution >= 4 is 21.6 Å². The van der Waals surface area contributed by atoms with Crippen LogP contribution in [0.5, 0.6) is 0 Å². The molecule has 0 aliphatic heterocycles. The summed E-state index contributed by atoms with van der Waals surface area (Å²) < 4.78 is 1.87. The molecule has 0 spiro atoms. The van der Waals surface area contributed by atoms with Gasteiger partial charge in [-0.3, -0.25) is 4.79 Å². The molecule has 1 rings (SSSR count). The SMILES string of the molecule is CCC(C)(CO)Nc1cnn(CCN(C)C)c(=O)c1Br. The van der Waals surface area contributed by atoms with Crippen molar-refractivity contribution in [1.82, 2.24) is 14.7 Å². The lowest BCUT2D eigenvalue weighted by molar-refractivity contribution is 0.219. The minimum Gasteiger partial charge on any atom is -0.394 e. The fourth-order valence-corrected chi connectivity index (χ4v) is 1.98. The lowest BCUT2D eigenvalue weighted by Crippen LogP contribution is -2.39. The summed E-state index contributed by atoms with van der Waals surface area (Å²) in [5, 5.41) is 16.8. The van der Waals surface area contributed by atoms with Crippen LogP contribution in [-0.4, -0.2) is 52.6 Å². The molecule has 1 aromatic rings. The molecule has 1 unspecified atom stereocenters. The number of hydrogen-bond acceptors (Lipinski definition) is 5. The van der Waals surface area contributed by atoms with Gasteiger partial charge in [0.05, 0.1) is 30.6 Å². The molecular formula is C13H23BrN4O2. The lowest BCUT2D eigenvalue weighted by atomic mass is 10.0. The highest BCUT2D eigenvalue weighted by Crippen LogP contribution is 2.22. The first-order chi connectivity index (χ1) is 9.33. The first-order valence-corrected chi connectivity index (χ1v) is 7.41. The van der Waals surface area contributed by atoms with Gasteiger partial charge in [0.1, 0.15) is 4.47 Å². The molecule has 1 aromatic heterocycles. The maximum absolute atomic E-state index is 12.2. The average Bonchev–Trinajstić information content (AvgIpc) is 2.42. The number of likely N-dealkylation sites (N-methyl/N-ethyl adjacent to an activating group) is 1. The number of nitrogens with zero attached hydrogens (tertiary/aromatic N) is 3. The van der Waals surface area contributed by atoms with Gasteiger partial charge in [-0.05, 0) is 43.4 Å². The fraction of sp³-hybridized carbons (Fsp3) is 0.692. The van der Waals surface area contributed by atoms with Gasteiger partial charge >= 0.3 is 0 Å². The highest BCUT2D eigenvalue weighted by atomic mass is 79.9. The second-order valence-corrected chi connectivity index (χ2v) is 6.19. The molecule has 6 nitrogen and oxygen atoms in total. The molecule has 114 valence electrons. The Morgan fingerprint density at radius 1 is 1.55 bits per heavy atom. The van der Waals surface area contributed by atoms with E-state index in [1.807, 2.05) is 32.8 Å². The Labute approximate surface area is 127 Å². The van der Waals surface area contributed by atoms with E-state index in [1.54, 1.807) is 6.20 Å². The zero-order valence-electron chi connectivity index (χ0n) is 12.5. The number of hydrogen-bond donors (Lipinski definition) is 2. The maximum Gasteiger partial charge on any atom is 0.283 e. The maximum atomic E-state index is 12.2. The van der Waals surface area contributed by atoms with E-state index in [1.165, 1.54) is 4.68 Å². The van der Waals surface area contributed by atoms with Crippen molar-refractivity contribution in [3.8, 4) is 0 Å². The third-order valence-corrected chi connectivity index (χ3v) is 4.08. The zero-order valence-corrected chi connectivity index (χ0v) is 14.1. The van der Waals surface area contributed by atoms with Gasteiger partial charge in [0.15, 0.2) is 0 Å². The predicted octanol–water partition coefficient (Wildman–Crippen LogP) is 1.14. The van der Waals surface area contributed by atoms with E-state index in [-0.39, 0.29) is 12.2 Å². The molecule has 1 heterocycles. The van der Waals surface area contributed by atoms with E-state index >= 15 is 0 Å². The first kappa shape index (κ1) is 17.1. The van der Waals surface area contributed by atoms with Gasteiger partial charge in [-0.1, -0.05) is 6.92 Å². The molecule has 0 aromatic carbocycles. The monoisotopic (exact) mass is 346 g/mol. The quantitative estimate of drug-likeness (QED) is 0.774. The second kappa shape index (κ2) is 7.19. The van der Waals surface area contributed by atoms with Crippen LogP contribution in [-0.2, 0) is 6.54 Å². The summed E-state index contributed by atoms with van der Waals surface area (Å²) in [6.45, 7) is 5.14. The molecule has 0 saturated heterocycles. The molecule has 2 N–H and O–H groups in total. The fourth-order valence-electron chi connectivity index (χ4n) is 1.57. The summed E-state index contributed by atoms with van der Waals surface area (Å²) >= 11 is 3.32. The average molecular weight is 347 g/mol. The van der Waals surface area contributed by atoms with E-state index in [2.05, 4.69) is 26.3 Å². The molecule has 1 atom stereocenters. The largest absolute Gasteiger partial charge is 0.394 e. The summed E-state index contributed by atoms with van der Waals surface area (Å²) in [4.78, 5) is 14.2. The number of aliphatic hydroxyl groups is 1. The summed E-state index contributed by atoms with van der Waals surface area (Å²) in [7, 11) is 3.90. The summed E-state index contributed by atoms with van der Waals surface area (Å²) in [5.41, 5.74) is -0.0327. The molecule has 7 heteroatoms. The van der Waals surface area contributed by atoms with Crippen molar-refractivity contribution in [3.63, 3.8) is 0 Å². The van der Waals surface area contributed by atoms with Crippen molar-refractivity contribution in [2.45, 2.75) is 32.4 Å². The highest BCUT2D eigenvalue weighted by molar-refractivity contribution is 9.10. The van der Waals surface area contributed by atoms with Crippen molar-refractivity contribution in [3.05, 3.63) is 21.0 Å². The van der Waals surface area contributed by atoms with E-state index in [0.29, 0.717) is 16.7 Å². The van der Waals surface area contributed by atoms with Crippen LogP contribution in [0.25, 0.3) is 0 Å². The second-order valence-electron chi connectivity index (χ2n) is 5.40. The van der Waals surface area contributed by atoms with E-state index in [9.17, 15) is 9.90 Å².